The van der Waals surface area contributed by atoms with Crippen molar-refractivity contribution in [1.82, 2.24) is 14.6 Å². The van der Waals surface area contributed by atoms with Crippen LogP contribution >= 0.6 is 11.5 Å². The van der Waals surface area contributed by atoms with Gasteiger partial charge < -0.3 is 4.74 Å². The van der Waals surface area contributed by atoms with E-state index in [1.165, 1.54) is 0 Å². The maximum Gasteiger partial charge on any atom is 0.353 e. The maximum absolute atomic E-state index is 11.7. The first-order chi connectivity index (χ1) is 8.33. The molecule has 6 heteroatoms. The lowest BCUT2D eigenvalue weighted by atomic mass is 10.2. The van der Waals surface area contributed by atoms with Gasteiger partial charge in [0.15, 0.2) is 11.5 Å². The van der Waals surface area contributed by atoms with E-state index in [9.17, 15) is 4.79 Å². The summed E-state index contributed by atoms with van der Waals surface area (Å²) in [6.45, 7) is -0.0663. The molecule has 17 heavy (non-hydrogen) atoms. The van der Waals surface area contributed by atoms with Gasteiger partial charge in [0.25, 0.3) is 0 Å². The Labute approximate surface area is 102 Å². The third-order valence-electron chi connectivity index (χ3n) is 1.89. The SMILES string of the molecule is C#CCOC(=O)c1snnc1-c1cccnc1. The number of ether oxygens (including phenoxy) is 1. The molecule has 84 valence electrons. The van der Waals surface area contributed by atoms with Crippen molar-refractivity contribution in [3.8, 4) is 23.6 Å². The van der Waals surface area contributed by atoms with Crippen LogP contribution in [0, 0.1) is 12.3 Å². The Bertz CT molecular complexity index is 560. The summed E-state index contributed by atoms with van der Waals surface area (Å²) >= 11 is 0.971. The average molecular weight is 245 g/mol. The minimum absolute atomic E-state index is 0.0663. The summed E-state index contributed by atoms with van der Waals surface area (Å²) < 4.78 is 8.57. The second-order valence-electron chi connectivity index (χ2n) is 2.97. The Hall–Kier alpha value is -2.26. The van der Waals surface area contributed by atoms with Crippen LogP contribution in [0.3, 0.4) is 0 Å². The van der Waals surface area contributed by atoms with E-state index in [4.69, 9.17) is 11.2 Å². The second-order valence-corrected chi connectivity index (χ2v) is 3.73. The van der Waals surface area contributed by atoms with Gasteiger partial charge in [-0.05, 0) is 23.7 Å². The van der Waals surface area contributed by atoms with E-state index in [-0.39, 0.29) is 6.61 Å². The normalized spacial score (nSPS) is 9.59. The summed E-state index contributed by atoms with van der Waals surface area (Å²) in [6, 6.07) is 3.55. The lowest BCUT2D eigenvalue weighted by Gasteiger charge is -2.00. The minimum atomic E-state index is -0.517. The van der Waals surface area contributed by atoms with Gasteiger partial charge in [-0.15, -0.1) is 11.5 Å². The number of carbonyl (C=O) groups is 1. The van der Waals surface area contributed by atoms with Crippen molar-refractivity contribution in [2.24, 2.45) is 0 Å². The molecule has 0 N–H and O–H groups in total. The molecule has 2 aromatic rings. The number of esters is 1. The number of hydrogen-bond donors (Lipinski definition) is 0. The van der Waals surface area contributed by atoms with Crippen LogP contribution < -0.4 is 0 Å². The van der Waals surface area contributed by atoms with Gasteiger partial charge in [0.2, 0.25) is 0 Å². The molecule has 2 heterocycles. The number of carbonyl (C=O) groups excluding carboxylic acids is 1. The van der Waals surface area contributed by atoms with Gasteiger partial charge in [-0.1, -0.05) is 10.4 Å². The maximum atomic E-state index is 11.7. The average Bonchev–Trinajstić information content (AvgIpc) is 2.86. The van der Waals surface area contributed by atoms with Gasteiger partial charge >= 0.3 is 5.97 Å². The molecule has 0 aliphatic carbocycles. The van der Waals surface area contributed by atoms with Crippen LogP contribution in [0.4, 0.5) is 0 Å². The van der Waals surface area contributed by atoms with Crippen molar-refractivity contribution in [3.05, 3.63) is 29.4 Å². The minimum Gasteiger partial charge on any atom is -0.448 e. The molecule has 5 nitrogen and oxygen atoms in total. The van der Waals surface area contributed by atoms with E-state index in [0.29, 0.717) is 16.1 Å². The highest BCUT2D eigenvalue weighted by atomic mass is 32.1. The first kappa shape index (κ1) is 11.2. The molecular weight excluding hydrogens is 238 g/mol. The number of terminal acetylenes is 1. The summed E-state index contributed by atoms with van der Waals surface area (Å²) in [5.41, 5.74) is 1.18. The highest BCUT2D eigenvalue weighted by Gasteiger charge is 2.18. The topological polar surface area (TPSA) is 65.0 Å². The van der Waals surface area contributed by atoms with Crippen LogP contribution in [0.2, 0.25) is 0 Å². The molecule has 2 rings (SSSR count). The molecular formula is C11H7N3O2S. The van der Waals surface area contributed by atoms with Gasteiger partial charge in [-0.2, -0.15) is 0 Å². The molecule has 0 aliphatic rings. The van der Waals surface area contributed by atoms with E-state index in [0.717, 1.165) is 11.5 Å². The molecule has 0 aromatic carbocycles. The molecule has 0 unspecified atom stereocenters. The molecule has 0 amide bonds. The summed E-state index contributed by atoms with van der Waals surface area (Å²) in [4.78, 5) is 15.9. The fourth-order valence-electron chi connectivity index (χ4n) is 1.19. The lowest BCUT2D eigenvalue weighted by molar-refractivity contribution is 0.0563. The van der Waals surface area contributed by atoms with Crippen LogP contribution in [0.1, 0.15) is 9.67 Å². The zero-order chi connectivity index (χ0) is 12.1. The number of pyridine rings is 1. The van der Waals surface area contributed by atoms with Crippen LogP contribution in [-0.4, -0.2) is 27.1 Å². The van der Waals surface area contributed by atoms with E-state index in [1.807, 2.05) is 0 Å². The number of rotatable bonds is 3. The molecule has 0 fully saturated rings. The molecule has 0 radical (unpaired) electrons. The molecule has 0 saturated carbocycles. The predicted molar refractivity (Wildman–Crippen MR) is 62.3 cm³/mol. The summed E-state index contributed by atoms with van der Waals surface area (Å²) in [6.07, 6.45) is 8.26. The zero-order valence-electron chi connectivity index (χ0n) is 8.66. The summed E-state index contributed by atoms with van der Waals surface area (Å²) in [5, 5.41) is 3.89. The molecule has 0 spiro atoms. The third-order valence-corrected chi connectivity index (χ3v) is 2.60. The van der Waals surface area contributed by atoms with Crippen molar-refractivity contribution < 1.29 is 9.53 Å². The number of nitrogens with zero attached hydrogens (tertiary/aromatic N) is 3. The first-order valence-corrected chi connectivity index (χ1v) is 5.43. The highest BCUT2D eigenvalue weighted by Crippen LogP contribution is 2.23. The van der Waals surface area contributed by atoms with E-state index in [1.54, 1.807) is 24.5 Å². The van der Waals surface area contributed by atoms with Gasteiger partial charge in [0.05, 0.1) is 0 Å². The largest absolute Gasteiger partial charge is 0.448 e. The predicted octanol–water partition coefficient (Wildman–Crippen LogP) is 1.39. The smallest absolute Gasteiger partial charge is 0.353 e. The number of aromatic nitrogens is 3. The summed E-state index contributed by atoms with van der Waals surface area (Å²) in [5.74, 6) is 1.71. The van der Waals surface area contributed by atoms with Gasteiger partial charge in [0.1, 0.15) is 5.69 Å². The van der Waals surface area contributed by atoms with Crippen LogP contribution in [0.5, 0.6) is 0 Å². The molecule has 0 bridgehead atoms. The zero-order valence-corrected chi connectivity index (χ0v) is 9.48. The van der Waals surface area contributed by atoms with Crippen LogP contribution in [0.25, 0.3) is 11.3 Å². The van der Waals surface area contributed by atoms with Gasteiger partial charge in [0, 0.05) is 18.0 Å². The molecule has 0 aliphatic heterocycles. The van der Waals surface area contributed by atoms with Crippen LogP contribution in [0.15, 0.2) is 24.5 Å². The fraction of sp³-hybridized carbons (Fsp3) is 0.0909. The molecule has 0 saturated heterocycles. The van der Waals surface area contributed by atoms with Gasteiger partial charge in [-0.25, -0.2) is 4.79 Å². The van der Waals surface area contributed by atoms with E-state index >= 15 is 0 Å². The Morgan fingerprint density at radius 1 is 1.59 bits per heavy atom. The number of hydrogen-bond acceptors (Lipinski definition) is 6. The third kappa shape index (κ3) is 2.46. The van der Waals surface area contributed by atoms with Crippen molar-refractivity contribution in [1.29, 1.82) is 0 Å². The molecule has 2 aromatic heterocycles. The first-order valence-electron chi connectivity index (χ1n) is 4.66. The van der Waals surface area contributed by atoms with E-state index in [2.05, 4.69) is 20.5 Å². The molecule has 0 atom stereocenters. The Morgan fingerprint density at radius 3 is 3.18 bits per heavy atom. The Balaban J connectivity index is 2.30. The Morgan fingerprint density at radius 2 is 2.47 bits per heavy atom. The van der Waals surface area contributed by atoms with Gasteiger partial charge in [-0.3, -0.25) is 4.98 Å². The standard InChI is InChI=1S/C11H7N3O2S/c1-2-6-16-11(15)10-9(13-14-17-10)8-4-3-5-12-7-8/h1,3-5,7H,6H2. The van der Waals surface area contributed by atoms with E-state index < -0.39 is 5.97 Å². The van der Waals surface area contributed by atoms with Crippen LogP contribution in [-0.2, 0) is 4.74 Å². The Kier molecular flexibility index (Phi) is 3.43. The monoisotopic (exact) mass is 245 g/mol. The second kappa shape index (κ2) is 5.18. The quantitative estimate of drug-likeness (QED) is 0.604. The van der Waals surface area contributed by atoms with Crippen molar-refractivity contribution >= 4 is 17.5 Å². The van der Waals surface area contributed by atoms with Crippen molar-refractivity contribution in [2.45, 2.75) is 0 Å². The van der Waals surface area contributed by atoms with Crippen molar-refractivity contribution in [3.63, 3.8) is 0 Å². The van der Waals surface area contributed by atoms with Crippen molar-refractivity contribution in [2.75, 3.05) is 6.61 Å². The highest BCUT2D eigenvalue weighted by molar-refractivity contribution is 7.08. The lowest BCUT2D eigenvalue weighted by Crippen LogP contribution is -2.04. The summed E-state index contributed by atoms with van der Waals surface area (Å²) in [7, 11) is 0. The fourth-order valence-corrected chi connectivity index (χ4v) is 1.77.